The van der Waals surface area contributed by atoms with Crippen molar-refractivity contribution in [2.45, 2.75) is 39.7 Å². The number of methoxy groups -OCH3 is 1. The van der Waals surface area contributed by atoms with Gasteiger partial charge in [0.1, 0.15) is 5.75 Å². The number of rotatable bonds is 2. The molecule has 0 fully saturated rings. The zero-order chi connectivity index (χ0) is 14.3. The molecule has 2 aromatic rings. The van der Waals surface area contributed by atoms with E-state index in [1.807, 2.05) is 0 Å². The highest BCUT2D eigenvalue weighted by atomic mass is 79.9. The highest BCUT2D eigenvalue weighted by Gasteiger charge is 2.20. The second-order valence-corrected chi connectivity index (χ2v) is 6.14. The number of benzene rings is 1. The number of aromatic nitrogens is 2. The fraction of sp³-hybridized carbons (Fsp3) is 0.438. The lowest BCUT2D eigenvalue weighted by atomic mass is 10.00. The van der Waals surface area contributed by atoms with Crippen LogP contribution >= 0.6 is 15.9 Å². The molecule has 2 heterocycles. The molecule has 106 valence electrons. The molecule has 4 heteroatoms. The van der Waals surface area contributed by atoms with E-state index in [9.17, 15) is 0 Å². The SMILES string of the molecule is COc1c(C)cc(-c2nc(Br)n3c2CCCC3)cc1C. The van der Waals surface area contributed by atoms with E-state index in [2.05, 4.69) is 46.5 Å². The Morgan fingerprint density at radius 1 is 1.20 bits per heavy atom. The minimum atomic E-state index is 0.952. The Balaban J connectivity index is 2.14. The van der Waals surface area contributed by atoms with Gasteiger partial charge in [0.15, 0.2) is 4.73 Å². The third kappa shape index (κ3) is 2.16. The van der Waals surface area contributed by atoms with E-state index in [0.717, 1.165) is 40.3 Å². The van der Waals surface area contributed by atoms with Crippen molar-refractivity contribution in [3.63, 3.8) is 0 Å². The Labute approximate surface area is 128 Å². The molecule has 0 saturated heterocycles. The molecule has 1 aromatic heterocycles. The maximum absolute atomic E-state index is 5.45. The van der Waals surface area contributed by atoms with E-state index in [0.29, 0.717) is 0 Å². The highest BCUT2D eigenvalue weighted by Crippen LogP contribution is 2.34. The van der Waals surface area contributed by atoms with Gasteiger partial charge in [-0.25, -0.2) is 4.98 Å². The fourth-order valence-electron chi connectivity index (χ4n) is 3.14. The first-order chi connectivity index (χ1) is 9.61. The molecule has 0 amide bonds. The van der Waals surface area contributed by atoms with Crippen LogP contribution in [0.5, 0.6) is 5.75 Å². The Bertz CT molecular complexity index is 638. The largest absolute Gasteiger partial charge is 0.496 e. The van der Waals surface area contributed by atoms with Gasteiger partial charge in [-0.1, -0.05) is 0 Å². The van der Waals surface area contributed by atoms with Crippen molar-refractivity contribution in [2.24, 2.45) is 0 Å². The molecule has 0 N–H and O–H groups in total. The minimum absolute atomic E-state index is 0.952. The number of hydrogen-bond donors (Lipinski definition) is 0. The molecule has 0 unspecified atom stereocenters. The molecule has 0 aliphatic carbocycles. The Morgan fingerprint density at radius 3 is 2.55 bits per heavy atom. The third-order valence-electron chi connectivity index (χ3n) is 4.01. The maximum Gasteiger partial charge on any atom is 0.177 e. The Hall–Kier alpha value is -1.29. The van der Waals surface area contributed by atoms with Crippen LogP contribution < -0.4 is 4.74 Å². The number of fused-ring (bicyclic) bond motifs is 1. The molecule has 20 heavy (non-hydrogen) atoms. The van der Waals surface area contributed by atoms with Crippen molar-refractivity contribution in [1.29, 1.82) is 0 Å². The van der Waals surface area contributed by atoms with Gasteiger partial charge in [-0.3, -0.25) is 0 Å². The van der Waals surface area contributed by atoms with E-state index in [1.54, 1.807) is 7.11 Å². The van der Waals surface area contributed by atoms with Gasteiger partial charge in [-0.15, -0.1) is 0 Å². The van der Waals surface area contributed by atoms with Crippen molar-refractivity contribution in [3.8, 4) is 17.0 Å². The number of aryl methyl sites for hydroxylation is 2. The number of nitrogens with zero attached hydrogens (tertiary/aromatic N) is 2. The van der Waals surface area contributed by atoms with E-state index >= 15 is 0 Å². The quantitative estimate of drug-likeness (QED) is 0.819. The zero-order valence-corrected chi connectivity index (χ0v) is 13.7. The average Bonchev–Trinajstić information content (AvgIpc) is 2.76. The monoisotopic (exact) mass is 334 g/mol. The van der Waals surface area contributed by atoms with Crippen LogP contribution in [-0.2, 0) is 13.0 Å². The predicted octanol–water partition coefficient (Wildman–Crippen LogP) is 4.27. The molecule has 1 aliphatic rings. The van der Waals surface area contributed by atoms with E-state index in [1.165, 1.54) is 24.1 Å². The zero-order valence-electron chi connectivity index (χ0n) is 12.2. The summed E-state index contributed by atoms with van der Waals surface area (Å²) in [5.74, 6) is 0.973. The molecule has 3 nitrogen and oxygen atoms in total. The summed E-state index contributed by atoms with van der Waals surface area (Å²) in [6, 6.07) is 4.35. The van der Waals surface area contributed by atoms with Gasteiger partial charge >= 0.3 is 0 Å². The van der Waals surface area contributed by atoms with Crippen molar-refractivity contribution in [3.05, 3.63) is 33.7 Å². The van der Waals surface area contributed by atoms with Crippen molar-refractivity contribution in [1.82, 2.24) is 9.55 Å². The summed E-state index contributed by atoms with van der Waals surface area (Å²) in [5.41, 5.74) is 5.99. The Kier molecular flexibility index (Phi) is 3.59. The van der Waals surface area contributed by atoms with Crippen LogP contribution in [-0.4, -0.2) is 16.7 Å². The highest BCUT2D eigenvalue weighted by molar-refractivity contribution is 9.10. The standard InChI is InChI=1S/C16H19BrN2O/c1-10-8-12(9-11(2)15(10)20-3)14-13-6-4-5-7-19(13)16(17)18-14/h8-9H,4-7H2,1-3H3. The number of ether oxygens (including phenoxy) is 1. The van der Waals surface area contributed by atoms with Gasteiger partial charge in [0, 0.05) is 17.8 Å². The lowest BCUT2D eigenvalue weighted by Crippen LogP contribution is -2.10. The molecule has 0 bridgehead atoms. The lowest BCUT2D eigenvalue weighted by molar-refractivity contribution is 0.408. The summed E-state index contributed by atoms with van der Waals surface area (Å²) in [4.78, 5) is 4.74. The van der Waals surface area contributed by atoms with E-state index in [4.69, 9.17) is 9.72 Å². The molecule has 1 aromatic carbocycles. The summed E-state index contributed by atoms with van der Waals surface area (Å²) in [6.07, 6.45) is 3.60. The van der Waals surface area contributed by atoms with Crippen LogP contribution in [0, 0.1) is 13.8 Å². The minimum Gasteiger partial charge on any atom is -0.496 e. The molecule has 0 radical (unpaired) electrons. The third-order valence-corrected chi connectivity index (χ3v) is 4.61. The van der Waals surface area contributed by atoms with Gasteiger partial charge in [0.2, 0.25) is 0 Å². The summed E-state index contributed by atoms with van der Waals surface area (Å²) >= 11 is 3.59. The van der Waals surface area contributed by atoms with Crippen LogP contribution in [0.1, 0.15) is 29.7 Å². The lowest BCUT2D eigenvalue weighted by Gasteiger charge is -2.16. The molecule has 0 spiro atoms. The summed E-state index contributed by atoms with van der Waals surface area (Å²) in [7, 11) is 1.73. The van der Waals surface area contributed by atoms with Crippen LogP contribution in [0.3, 0.4) is 0 Å². The van der Waals surface area contributed by atoms with Crippen molar-refractivity contribution >= 4 is 15.9 Å². The van der Waals surface area contributed by atoms with Gasteiger partial charge in [-0.05, 0) is 72.3 Å². The average molecular weight is 335 g/mol. The first-order valence-corrected chi connectivity index (χ1v) is 7.81. The van der Waals surface area contributed by atoms with Crippen LogP contribution in [0.4, 0.5) is 0 Å². The van der Waals surface area contributed by atoms with E-state index < -0.39 is 0 Å². The molecular weight excluding hydrogens is 316 g/mol. The number of halogens is 1. The molecule has 0 saturated carbocycles. The van der Waals surface area contributed by atoms with Crippen LogP contribution in [0.25, 0.3) is 11.3 Å². The van der Waals surface area contributed by atoms with Gasteiger partial charge < -0.3 is 9.30 Å². The first-order valence-electron chi connectivity index (χ1n) is 7.02. The van der Waals surface area contributed by atoms with Crippen molar-refractivity contribution < 1.29 is 4.74 Å². The molecule has 1 aliphatic heterocycles. The van der Waals surface area contributed by atoms with Crippen molar-refractivity contribution in [2.75, 3.05) is 7.11 Å². The van der Waals surface area contributed by atoms with Crippen LogP contribution in [0.15, 0.2) is 16.9 Å². The first kappa shape index (κ1) is 13.7. The second kappa shape index (κ2) is 5.24. The number of hydrogen-bond acceptors (Lipinski definition) is 2. The van der Waals surface area contributed by atoms with Gasteiger partial charge in [0.25, 0.3) is 0 Å². The second-order valence-electron chi connectivity index (χ2n) is 5.43. The molecule has 0 atom stereocenters. The normalized spacial score (nSPS) is 14.2. The topological polar surface area (TPSA) is 27.1 Å². The molecular formula is C16H19BrN2O. The van der Waals surface area contributed by atoms with E-state index in [-0.39, 0.29) is 0 Å². The maximum atomic E-state index is 5.45. The predicted molar refractivity (Wildman–Crippen MR) is 84.3 cm³/mol. The summed E-state index contributed by atoms with van der Waals surface area (Å²) < 4.78 is 8.70. The number of imidazole rings is 1. The summed E-state index contributed by atoms with van der Waals surface area (Å²) in [6.45, 7) is 5.25. The van der Waals surface area contributed by atoms with Crippen LogP contribution in [0.2, 0.25) is 0 Å². The van der Waals surface area contributed by atoms with Gasteiger partial charge in [0.05, 0.1) is 12.8 Å². The molecule has 3 rings (SSSR count). The Morgan fingerprint density at radius 2 is 1.90 bits per heavy atom. The summed E-state index contributed by atoms with van der Waals surface area (Å²) in [5, 5.41) is 0. The van der Waals surface area contributed by atoms with Gasteiger partial charge in [-0.2, -0.15) is 0 Å². The fourth-order valence-corrected chi connectivity index (χ4v) is 3.71. The smallest absolute Gasteiger partial charge is 0.177 e.